The van der Waals surface area contributed by atoms with Crippen LogP contribution >= 0.6 is 11.3 Å². The number of thiophene rings is 1. The monoisotopic (exact) mass is 454 g/mol. The third kappa shape index (κ3) is 4.97. The Labute approximate surface area is 185 Å². The normalized spacial score (nSPS) is 13.7. The highest BCUT2D eigenvalue weighted by molar-refractivity contribution is 7.86. The number of ether oxygens (including phenoxy) is 1. The van der Waals surface area contributed by atoms with Gasteiger partial charge in [-0.2, -0.15) is 8.42 Å². The van der Waals surface area contributed by atoms with E-state index in [1.54, 1.807) is 23.5 Å². The second kappa shape index (κ2) is 9.20. The Balaban J connectivity index is 1.57. The smallest absolute Gasteiger partial charge is 0.297 e. The van der Waals surface area contributed by atoms with Gasteiger partial charge in [-0.3, -0.25) is 4.18 Å². The lowest BCUT2D eigenvalue weighted by Gasteiger charge is -2.25. The Morgan fingerprint density at radius 1 is 0.935 bits per heavy atom. The van der Waals surface area contributed by atoms with Crippen LogP contribution in [0.3, 0.4) is 0 Å². The van der Waals surface area contributed by atoms with Crippen molar-refractivity contribution >= 4 is 31.5 Å². The summed E-state index contributed by atoms with van der Waals surface area (Å²) in [7, 11) is -4.00. The van der Waals surface area contributed by atoms with Gasteiger partial charge in [0.1, 0.15) is 11.9 Å². The molecule has 7 heteroatoms. The molecule has 0 fully saturated rings. The Morgan fingerprint density at radius 3 is 2.42 bits per heavy atom. The predicted octanol–water partition coefficient (Wildman–Crippen LogP) is 5.10. The van der Waals surface area contributed by atoms with Crippen molar-refractivity contribution in [2.24, 2.45) is 0 Å². The number of fused-ring (bicyclic) bond motifs is 1. The van der Waals surface area contributed by atoms with Gasteiger partial charge in [-0.15, -0.1) is 11.3 Å². The van der Waals surface area contributed by atoms with E-state index in [1.807, 2.05) is 66.9 Å². The van der Waals surface area contributed by atoms with Crippen molar-refractivity contribution in [1.82, 2.24) is 0 Å². The topological polar surface area (TPSA) is 72.8 Å². The largest absolute Gasteiger partial charge is 0.482 e. The fourth-order valence-corrected chi connectivity index (χ4v) is 4.96. The molecule has 2 unspecified atom stereocenters. The van der Waals surface area contributed by atoms with E-state index in [-0.39, 0.29) is 4.90 Å². The third-order valence-electron chi connectivity index (χ3n) is 4.89. The molecule has 1 aromatic heterocycles. The second-order valence-electron chi connectivity index (χ2n) is 7.16. The van der Waals surface area contributed by atoms with E-state index in [4.69, 9.17) is 8.92 Å². The molecule has 0 aliphatic rings. The molecule has 3 aromatic carbocycles. The van der Waals surface area contributed by atoms with Crippen molar-refractivity contribution in [3.8, 4) is 5.75 Å². The summed E-state index contributed by atoms with van der Waals surface area (Å²) in [6, 6.07) is 23.3. The van der Waals surface area contributed by atoms with Crippen LogP contribution in [0, 0.1) is 6.92 Å². The number of aliphatic hydroxyl groups excluding tert-OH is 1. The second-order valence-corrected chi connectivity index (χ2v) is 9.72. The first-order valence-electron chi connectivity index (χ1n) is 9.76. The van der Waals surface area contributed by atoms with Gasteiger partial charge in [0, 0.05) is 10.1 Å². The van der Waals surface area contributed by atoms with E-state index in [0.717, 1.165) is 21.2 Å². The van der Waals surface area contributed by atoms with Crippen LogP contribution in [-0.4, -0.2) is 26.2 Å². The molecule has 5 nitrogen and oxygen atoms in total. The summed E-state index contributed by atoms with van der Waals surface area (Å²) in [4.78, 5) is 0.0468. The van der Waals surface area contributed by atoms with Gasteiger partial charge in [0.15, 0.2) is 6.10 Å². The zero-order valence-corrected chi connectivity index (χ0v) is 18.5. The number of rotatable bonds is 8. The number of aliphatic hydroxyl groups is 1. The minimum atomic E-state index is -4.00. The van der Waals surface area contributed by atoms with E-state index in [2.05, 4.69) is 0 Å². The standard InChI is InChI=1S/C24H22O5S2/c1-17-10-12-19(13-11-17)31(26,27)28-16-21(25)24(18-6-3-2-4-7-18)29-22-8-5-9-23-20(22)14-15-30-23/h2-15,21,24-25H,16H2,1H3. The van der Waals surface area contributed by atoms with Crippen LogP contribution in [0.15, 0.2) is 89.1 Å². The fraction of sp³-hybridized carbons (Fsp3) is 0.167. The highest BCUT2D eigenvalue weighted by atomic mass is 32.2. The molecule has 4 rings (SSSR count). The first kappa shape index (κ1) is 21.5. The highest BCUT2D eigenvalue weighted by Crippen LogP contribution is 2.34. The maximum atomic E-state index is 12.5. The van der Waals surface area contributed by atoms with Gasteiger partial charge in [0.2, 0.25) is 0 Å². The molecule has 160 valence electrons. The minimum absolute atomic E-state index is 0.0468. The molecule has 0 radical (unpaired) electrons. The van der Waals surface area contributed by atoms with Crippen LogP contribution in [0.5, 0.6) is 5.75 Å². The van der Waals surface area contributed by atoms with E-state index < -0.39 is 28.9 Å². The summed E-state index contributed by atoms with van der Waals surface area (Å²) < 4.78 is 37.5. The number of hydrogen-bond donors (Lipinski definition) is 1. The molecule has 0 saturated carbocycles. The molecule has 4 aromatic rings. The van der Waals surface area contributed by atoms with Gasteiger partial charge < -0.3 is 9.84 Å². The Bertz CT molecular complexity index is 1250. The Morgan fingerprint density at radius 2 is 1.68 bits per heavy atom. The summed E-state index contributed by atoms with van der Waals surface area (Å²) in [5.41, 5.74) is 1.66. The molecule has 0 bridgehead atoms. The molecule has 1 heterocycles. The molecule has 2 atom stereocenters. The maximum Gasteiger partial charge on any atom is 0.297 e. The van der Waals surface area contributed by atoms with Gasteiger partial charge in [0.25, 0.3) is 10.1 Å². The quantitative estimate of drug-likeness (QED) is 0.375. The molecule has 0 aliphatic heterocycles. The summed E-state index contributed by atoms with van der Waals surface area (Å²) in [6.07, 6.45) is -2.02. The van der Waals surface area contributed by atoms with E-state index in [1.165, 1.54) is 12.1 Å². The molecule has 0 spiro atoms. The lowest BCUT2D eigenvalue weighted by molar-refractivity contribution is 0.00709. The van der Waals surface area contributed by atoms with Crippen LogP contribution in [0.1, 0.15) is 17.2 Å². The summed E-state index contributed by atoms with van der Waals surface area (Å²) in [5.74, 6) is 0.619. The maximum absolute atomic E-state index is 12.5. The molecule has 0 amide bonds. The molecular weight excluding hydrogens is 432 g/mol. The van der Waals surface area contributed by atoms with E-state index in [0.29, 0.717) is 5.75 Å². The average Bonchev–Trinajstić information content (AvgIpc) is 3.26. The Hall–Kier alpha value is -2.71. The van der Waals surface area contributed by atoms with Crippen LogP contribution in [0.4, 0.5) is 0 Å². The summed E-state index contributed by atoms with van der Waals surface area (Å²) >= 11 is 1.60. The van der Waals surface area contributed by atoms with Gasteiger partial charge in [-0.1, -0.05) is 54.1 Å². The van der Waals surface area contributed by atoms with Crippen LogP contribution in [-0.2, 0) is 14.3 Å². The van der Waals surface area contributed by atoms with E-state index in [9.17, 15) is 13.5 Å². The van der Waals surface area contributed by atoms with Crippen molar-refractivity contribution in [1.29, 1.82) is 0 Å². The number of benzene rings is 3. The fourth-order valence-electron chi connectivity index (χ4n) is 3.24. The molecule has 0 saturated heterocycles. The zero-order valence-electron chi connectivity index (χ0n) is 16.8. The predicted molar refractivity (Wildman–Crippen MR) is 122 cm³/mol. The van der Waals surface area contributed by atoms with E-state index >= 15 is 0 Å². The highest BCUT2D eigenvalue weighted by Gasteiger charge is 2.27. The van der Waals surface area contributed by atoms with Crippen molar-refractivity contribution in [3.63, 3.8) is 0 Å². The van der Waals surface area contributed by atoms with Gasteiger partial charge in [0.05, 0.1) is 11.5 Å². The first-order chi connectivity index (χ1) is 14.9. The van der Waals surface area contributed by atoms with Gasteiger partial charge >= 0.3 is 0 Å². The zero-order chi connectivity index (χ0) is 21.8. The minimum Gasteiger partial charge on any atom is -0.482 e. The Kier molecular flexibility index (Phi) is 6.38. The van der Waals surface area contributed by atoms with Crippen LogP contribution < -0.4 is 4.74 Å². The van der Waals surface area contributed by atoms with Crippen molar-refractivity contribution < 1.29 is 22.4 Å². The van der Waals surface area contributed by atoms with Crippen molar-refractivity contribution in [3.05, 3.63) is 95.4 Å². The lowest BCUT2D eigenvalue weighted by atomic mass is 10.0. The van der Waals surface area contributed by atoms with Crippen molar-refractivity contribution in [2.75, 3.05) is 6.61 Å². The van der Waals surface area contributed by atoms with Crippen molar-refractivity contribution in [2.45, 2.75) is 24.0 Å². The average molecular weight is 455 g/mol. The molecule has 1 N–H and O–H groups in total. The van der Waals surface area contributed by atoms with Crippen LogP contribution in [0.2, 0.25) is 0 Å². The van der Waals surface area contributed by atoms with Crippen LogP contribution in [0.25, 0.3) is 10.1 Å². The van der Waals surface area contributed by atoms with Gasteiger partial charge in [-0.25, -0.2) is 0 Å². The summed E-state index contributed by atoms with van der Waals surface area (Å²) in [6.45, 7) is 1.44. The molecule has 31 heavy (non-hydrogen) atoms. The summed E-state index contributed by atoms with van der Waals surface area (Å²) in [5, 5.41) is 13.8. The lowest BCUT2D eigenvalue weighted by Crippen LogP contribution is -2.29. The van der Waals surface area contributed by atoms with Gasteiger partial charge in [-0.05, 0) is 48.2 Å². The third-order valence-corrected chi connectivity index (χ3v) is 7.07. The molecule has 0 aliphatic carbocycles. The number of aryl methyl sites for hydroxylation is 1. The SMILES string of the molecule is Cc1ccc(S(=O)(=O)OCC(O)C(Oc2cccc3sccc23)c2ccccc2)cc1. The molecular formula is C24H22O5S2. The number of hydrogen-bond acceptors (Lipinski definition) is 6. The first-order valence-corrected chi connectivity index (χ1v) is 12.0.